The Morgan fingerprint density at radius 2 is 1.68 bits per heavy atom. The summed E-state index contributed by atoms with van der Waals surface area (Å²) >= 11 is 0. The van der Waals surface area contributed by atoms with E-state index in [0.29, 0.717) is 29.7 Å². The van der Waals surface area contributed by atoms with Crippen LogP contribution in [0.4, 0.5) is 0 Å². The molecule has 0 atom stereocenters. The lowest BCUT2D eigenvalue weighted by atomic mass is 9.98. The second-order valence-corrected chi connectivity index (χ2v) is 13.0. The van der Waals surface area contributed by atoms with Crippen LogP contribution in [-0.2, 0) is 23.0 Å². The zero-order valence-corrected chi connectivity index (χ0v) is 24.4. The predicted octanol–water partition coefficient (Wildman–Crippen LogP) is 4.97. The van der Waals surface area contributed by atoms with Crippen LogP contribution in [0.1, 0.15) is 68.5 Å². The lowest BCUT2D eigenvalue weighted by Gasteiger charge is -2.21. The van der Waals surface area contributed by atoms with Gasteiger partial charge >= 0.3 is 0 Å². The number of H-pyrrole nitrogens is 1. The zero-order chi connectivity index (χ0) is 29.2. The number of amidine groups is 1. The monoisotopic (exact) mass is 559 g/mol. The number of aromatic amines is 1. The number of hydrogen-bond acceptors (Lipinski definition) is 4. The van der Waals surface area contributed by atoms with Crippen molar-refractivity contribution in [2.24, 2.45) is 5.73 Å². The van der Waals surface area contributed by atoms with Gasteiger partial charge in [-0.15, -0.1) is 0 Å². The number of aromatic nitrogens is 2. The molecular formula is C31H37N5O3S. The lowest BCUT2D eigenvalue weighted by molar-refractivity contribution is 0.491. The summed E-state index contributed by atoms with van der Waals surface area (Å²) in [5.41, 5.74) is 10.4. The van der Waals surface area contributed by atoms with Crippen molar-refractivity contribution in [2.45, 2.75) is 63.9 Å². The molecule has 0 saturated carbocycles. The average molecular weight is 560 g/mol. The molecule has 1 aromatic heterocycles. The number of rotatable bonds is 9. The third-order valence-electron chi connectivity index (χ3n) is 6.50. The molecule has 0 aliphatic heterocycles. The highest BCUT2D eigenvalue weighted by Crippen LogP contribution is 2.29. The minimum absolute atomic E-state index is 0.00783. The van der Waals surface area contributed by atoms with Crippen LogP contribution in [0.2, 0.25) is 0 Å². The average Bonchev–Trinajstić information content (AvgIpc) is 3.17. The van der Waals surface area contributed by atoms with Crippen LogP contribution < -0.4 is 16.0 Å². The number of hydrogen-bond donors (Lipinski definition) is 4. The fraction of sp³-hybridized carbons (Fsp3) is 0.290. The Hall–Kier alpha value is -3.95. The number of nitrogens with zero attached hydrogens (tertiary/aromatic N) is 1. The highest BCUT2D eigenvalue weighted by Gasteiger charge is 2.25. The van der Waals surface area contributed by atoms with Crippen LogP contribution in [0.15, 0.2) is 82.5 Å². The van der Waals surface area contributed by atoms with E-state index in [1.54, 1.807) is 24.3 Å². The maximum atomic E-state index is 13.1. The van der Waals surface area contributed by atoms with Gasteiger partial charge in [-0.25, -0.2) is 13.1 Å². The number of nitrogens with one attached hydrogen (secondary N) is 3. The van der Waals surface area contributed by atoms with E-state index in [1.807, 2.05) is 74.0 Å². The Labute approximate surface area is 235 Å². The number of nitrogens with two attached hydrogens (primary N) is 1. The summed E-state index contributed by atoms with van der Waals surface area (Å²) < 4.78 is 30.8. The van der Waals surface area contributed by atoms with Gasteiger partial charge in [-0.2, -0.15) is 0 Å². The van der Waals surface area contributed by atoms with E-state index in [1.165, 1.54) is 0 Å². The van der Waals surface area contributed by atoms with Crippen LogP contribution in [0.5, 0.6) is 0 Å². The van der Waals surface area contributed by atoms with E-state index >= 15 is 0 Å². The first-order valence-electron chi connectivity index (χ1n) is 13.2. The van der Waals surface area contributed by atoms with Crippen LogP contribution in [0, 0.1) is 5.41 Å². The van der Waals surface area contributed by atoms with Gasteiger partial charge in [0.15, 0.2) is 0 Å². The molecule has 0 saturated heterocycles. The molecule has 0 amide bonds. The summed E-state index contributed by atoms with van der Waals surface area (Å²) in [6.45, 7) is 10.0. The molecule has 0 spiro atoms. The molecule has 3 aromatic carbocycles. The first-order chi connectivity index (χ1) is 18.7. The topological polar surface area (TPSA) is 134 Å². The van der Waals surface area contributed by atoms with Crippen molar-refractivity contribution in [1.82, 2.24) is 14.5 Å². The van der Waals surface area contributed by atoms with Gasteiger partial charge in [-0.1, -0.05) is 74.5 Å². The van der Waals surface area contributed by atoms with Crippen LogP contribution >= 0.6 is 0 Å². The summed E-state index contributed by atoms with van der Waals surface area (Å²) in [5.74, 6) is 0.0863. The molecular weight excluding hydrogens is 522 g/mol. The van der Waals surface area contributed by atoms with Gasteiger partial charge in [-0.05, 0) is 55.5 Å². The van der Waals surface area contributed by atoms with Crippen LogP contribution in [0.3, 0.4) is 0 Å². The van der Waals surface area contributed by atoms with Crippen molar-refractivity contribution in [2.75, 3.05) is 0 Å². The molecule has 4 aromatic rings. The van der Waals surface area contributed by atoms with Gasteiger partial charge in [0.05, 0.1) is 11.4 Å². The van der Waals surface area contributed by atoms with Crippen molar-refractivity contribution in [1.29, 1.82) is 5.41 Å². The standard InChI is InChI=1S/C31H37N5O3S/c1-20(2)28-26(18-22-9-8-10-24(17-22)29(32)33)30(37)34-36(28)19-21-13-15-23(16-14-21)25-11-6-7-12-27(25)40(38,39)35-31(3,4)5/h6-17,20,35H,18-19H2,1-5H3,(H3,32,33)(H,34,37). The number of sulfonamides is 1. The maximum absolute atomic E-state index is 13.1. The molecule has 0 bridgehead atoms. The van der Waals surface area contributed by atoms with E-state index in [9.17, 15) is 13.2 Å². The van der Waals surface area contributed by atoms with Gasteiger partial charge in [0, 0.05) is 34.3 Å². The van der Waals surface area contributed by atoms with E-state index in [0.717, 1.165) is 22.4 Å². The quantitative estimate of drug-likeness (QED) is 0.170. The van der Waals surface area contributed by atoms with Crippen molar-refractivity contribution >= 4 is 15.9 Å². The summed E-state index contributed by atoms with van der Waals surface area (Å²) in [5, 5.41) is 10.7. The van der Waals surface area contributed by atoms with E-state index in [2.05, 4.69) is 23.7 Å². The molecule has 0 aliphatic carbocycles. The fourth-order valence-electron chi connectivity index (χ4n) is 4.91. The van der Waals surface area contributed by atoms with E-state index in [4.69, 9.17) is 11.1 Å². The van der Waals surface area contributed by atoms with Crippen LogP contribution in [-0.4, -0.2) is 29.6 Å². The van der Waals surface area contributed by atoms with Crippen molar-refractivity contribution in [3.8, 4) is 11.1 Å². The molecule has 0 fully saturated rings. The van der Waals surface area contributed by atoms with Gasteiger partial charge < -0.3 is 5.73 Å². The lowest BCUT2D eigenvalue weighted by Crippen LogP contribution is -2.40. The molecule has 5 N–H and O–H groups in total. The molecule has 0 aliphatic rings. The maximum Gasteiger partial charge on any atom is 0.267 e. The third-order valence-corrected chi connectivity index (χ3v) is 8.32. The fourth-order valence-corrected chi connectivity index (χ4v) is 6.56. The second kappa shape index (κ2) is 11.3. The second-order valence-electron chi connectivity index (χ2n) is 11.4. The first kappa shape index (κ1) is 29.0. The third kappa shape index (κ3) is 6.60. The Morgan fingerprint density at radius 3 is 2.30 bits per heavy atom. The zero-order valence-electron chi connectivity index (χ0n) is 23.6. The Bertz CT molecular complexity index is 1690. The highest BCUT2D eigenvalue weighted by atomic mass is 32.2. The predicted molar refractivity (Wildman–Crippen MR) is 160 cm³/mol. The molecule has 0 radical (unpaired) electrons. The van der Waals surface area contributed by atoms with Crippen LogP contribution in [0.25, 0.3) is 11.1 Å². The normalized spacial score (nSPS) is 12.2. The number of benzene rings is 3. The molecule has 4 rings (SSSR count). The molecule has 8 nitrogen and oxygen atoms in total. The molecule has 1 heterocycles. The summed E-state index contributed by atoms with van der Waals surface area (Å²) in [6.07, 6.45) is 0.434. The van der Waals surface area contributed by atoms with Crippen molar-refractivity contribution in [3.63, 3.8) is 0 Å². The molecule has 9 heteroatoms. The minimum Gasteiger partial charge on any atom is -0.384 e. The Morgan fingerprint density at radius 1 is 1.00 bits per heavy atom. The smallest absolute Gasteiger partial charge is 0.267 e. The Kier molecular flexibility index (Phi) is 8.18. The van der Waals surface area contributed by atoms with Gasteiger partial charge in [0.1, 0.15) is 5.84 Å². The van der Waals surface area contributed by atoms with Gasteiger partial charge in [-0.3, -0.25) is 20.0 Å². The Balaban J connectivity index is 1.63. The van der Waals surface area contributed by atoms with Gasteiger partial charge in [0.25, 0.3) is 5.56 Å². The highest BCUT2D eigenvalue weighted by molar-refractivity contribution is 7.89. The summed E-state index contributed by atoms with van der Waals surface area (Å²) in [4.78, 5) is 13.3. The van der Waals surface area contributed by atoms with Crippen molar-refractivity contribution < 1.29 is 8.42 Å². The molecule has 40 heavy (non-hydrogen) atoms. The first-order valence-corrected chi connectivity index (χ1v) is 14.7. The summed E-state index contributed by atoms with van der Waals surface area (Å²) in [7, 11) is -3.72. The largest absolute Gasteiger partial charge is 0.384 e. The summed E-state index contributed by atoms with van der Waals surface area (Å²) in [6, 6.07) is 22.1. The van der Waals surface area contributed by atoms with Crippen molar-refractivity contribution in [3.05, 3.63) is 111 Å². The molecule has 0 unspecified atom stereocenters. The SMILES string of the molecule is CC(C)c1c(Cc2cccc(C(=N)N)c2)c(=O)[nH]n1Cc1ccc(-c2ccccc2S(=O)(=O)NC(C)(C)C)cc1. The van der Waals surface area contributed by atoms with E-state index < -0.39 is 15.6 Å². The van der Waals surface area contributed by atoms with E-state index in [-0.39, 0.29) is 22.2 Å². The minimum atomic E-state index is -3.72. The van der Waals surface area contributed by atoms with Gasteiger partial charge in [0.2, 0.25) is 10.0 Å². The number of nitrogen functional groups attached to an aromatic ring is 1. The molecule has 210 valence electrons.